The average Bonchev–Trinajstić information content (AvgIpc) is 3.08. The van der Waals surface area contributed by atoms with Crippen molar-refractivity contribution in [3.05, 3.63) is 10.6 Å². The van der Waals surface area contributed by atoms with Crippen molar-refractivity contribution in [2.75, 3.05) is 18.0 Å². The molecule has 2 fully saturated rings. The van der Waals surface area contributed by atoms with Gasteiger partial charge in [0.25, 0.3) is 0 Å². The van der Waals surface area contributed by atoms with Gasteiger partial charge in [0.15, 0.2) is 5.13 Å². The van der Waals surface area contributed by atoms with Crippen molar-refractivity contribution in [1.82, 2.24) is 4.98 Å². The first-order valence-corrected chi connectivity index (χ1v) is 9.00. The minimum absolute atomic E-state index is 0.254. The van der Waals surface area contributed by atoms with Crippen LogP contribution in [0, 0.1) is 5.41 Å². The fraction of sp³-hybridized carbons (Fsp3) is 0.812. The Balaban J connectivity index is 1.49. The van der Waals surface area contributed by atoms with Gasteiger partial charge in [-0.15, -0.1) is 0 Å². The lowest BCUT2D eigenvalue weighted by molar-refractivity contribution is 0.160. The number of thiazole rings is 1. The van der Waals surface area contributed by atoms with Gasteiger partial charge in [-0.2, -0.15) is 0 Å². The normalized spacial score (nSPS) is 28.9. The van der Waals surface area contributed by atoms with E-state index in [9.17, 15) is 5.11 Å². The van der Waals surface area contributed by atoms with E-state index in [-0.39, 0.29) is 6.10 Å². The van der Waals surface area contributed by atoms with Crippen molar-refractivity contribution in [3.63, 3.8) is 0 Å². The number of piperidine rings is 1. The maximum Gasteiger partial charge on any atom is 0.185 e. The molecule has 1 N–H and O–H groups in total. The van der Waals surface area contributed by atoms with Crippen molar-refractivity contribution in [1.29, 1.82) is 0 Å². The number of aliphatic hydroxyl groups is 1. The summed E-state index contributed by atoms with van der Waals surface area (Å²) in [5, 5.41) is 11.3. The van der Waals surface area contributed by atoms with Crippen LogP contribution in [0.15, 0.2) is 0 Å². The summed E-state index contributed by atoms with van der Waals surface area (Å²) < 4.78 is 0. The van der Waals surface area contributed by atoms with Crippen LogP contribution in [0.1, 0.15) is 68.0 Å². The first-order valence-electron chi connectivity index (χ1n) is 8.18. The average molecular weight is 292 g/mol. The van der Waals surface area contributed by atoms with Gasteiger partial charge in [-0.05, 0) is 50.4 Å². The molecule has 110 valence electrons. The zero-order valence-electron chi connectivity index (χ0n) is 12.1. The molecule has 2 heterocycles. The minimum Gasteiger partial charge on any atom is -0.388 e. The summed E-state index contributed by atoms with van der Waals surface area (Å²) in [5.74, 6) is 0. The van der Waals surface area contributed by atoms with Crippen molar-refractivity contribution in [2.45, 2.75) is 63.9 Å². The Labute approximate surface area is 125 Å². The molecule has 0 amide bonds. The smallest absolute Gasteiger partial charge is 0.185 e. The number of fused-ring (bicyclic) bond motifs is 1. The molecule has 0 bridgehead atoms. The second-order valence-electron chi connectivity index (χ2n) is 6.91. The van der Waals surface area contributed by atoms with Gasteiger partial charge in [-0.3, -0.25) is 0 Å². The molecule has 4 rings (SSSR count). The van der Waals surface area contributed by atoms with Gasteiger partial charge < -0.3 is 10.0 Å². The molecule has 20 heavy (non-hydrogen) atoms. The first-order chi connectivity index (χ1) is 9.76. The number of rotatable bonds is 1. The summed E-state index contributed by atoms with van der Waals surface area (Å²) in [5.41, 5.74) is 1.84. The number of hydrogen-bond acceptors (Lipinski definition) is 4. The van der Waals surface area contributed by atoms with Gasteiger partial charge in [0.2, 0.25) is 0 Å². The van der Waals surface area contributed by atoms with Gasteiger partial charge in [0.1, 0.15) is 0 Å². The van der Waals surface area contributed by atoms with Gasteiger partial charge in [-0.25, -0.2) is 4.98 Å². The van der Waals surface area contributed by atoms with E-state index in [1.165, 1.54) is 62.4 Å². The van der Waals surface area contributed by atoms with Crippen LogP contribution < -0.4 is 4.90 Å². The van der Waals surface area contributed by atoms with E-state index in [0.29, 0.717) is 5.41 Å². The van der Waals surface area contributed by atoms with Crippen LogP contribution in [-0.2, 0) is 6.42 Å². The molecular weight excluding hydrogens is 268 g/mol. The Morgan fingerprint density at radius 3 is 2.55 bits per heavy atom. The zero-order valence-corrected chi connectivity index (χ0v) is 12.9. The van der Waals surface area contributed by atoms with Gasteiger partial charge in [0.05, 0.1) is 16.7 Å². The highest BCUT2D eigenvalue weighted by atomic mass is 32.1. The molecule has 0 aromatic carbocycles. The summed E-state index contributed by atoms with van der Waals surface area (Å²) in [4.78, 5) is 8.44. The van der Waals surface area contributed by atoms with E-state index in [2.05, 4.69) is 4.90 Å². The van der Waals surface area contributed by atoms with Crippen LogP contribution in [0.4, 0.5) is 5.13 Å². The largest absolute Gasteiger partial charge is 0.388 e. The Kier molecular flexibility index (Phi) is 3.26. The highest BCUT2D eigenvalue weighted by Gasteiger charge is 2.37. The molecule has 4 heteroatoms. The van der Waals surface area contributed by atoms with Crippen molar-refractivity contribution in [3.8, 4) is 0 Å². The number of aliphatic hydroxyl groups excluding tert-OH is 1. The molecule has 3 nitrogen and oxygen atoms in total. The van der Waals surface area contributed by atoms with Crippen LogP contribution >= 0.6 is 11.3 Å². The second-order valence-corrected chi connectivity index (χ2v) is 7.92. The molecular formula is C16H24N2OS. The minimum atomic E-state index is -0.254. The third-order valence-corrected chi connectivity index (χ3v) is 6.93. The lowest BCUT2D eigenvalue weighted by atomic mass is 9.77. The maximum atomic E-state index is 10.1. The molecule has 3 aliphatic rings. The highest BCUT2D eigenvalue weighted by Crippen LogP contribution is 2.47. The number of aromatic nitrogens is 1. The number of hydrogen-bond donors (Lipinski definition) is 1. The molecule has 1 aliphatic heterocycles. The predicted molar refractivity (Wildman–Crippen MR) is 82.4 cm³/mol. The van der Waals surface area contributed by atoms with Crippen LogP contribution in [0.5, 0.6) is 0 Å². The number of aryl methyl sites for hydroxylation is 1. The van der Waals surface area contributed by atoms with E-state index >= 15 is 0 Å². The summed E-state index contributed by atoms with van der Waals surface area (Å²) in [6.45, 7) is 2.34. The summed E-state index contributed by atoms with van der Waals surface area (Å²) in [7, 11) is 0. The molecule has 1 aromatic heterocycles. The SMILES string of the molecule is OC1CCCc2nc(N3CCC4(CCCC4)CC3)sc21. The lowest BCUT2D eigenvalue weighted by Crippen LogP contribution is -2.38. The summed E-state index contributed by atoms with van der Waals surface area (Å²) in [6.07, 6.45) is 11.3. The molecule has 2 aliphatic carbocycles. The third kappa shape index (κ3) is 2.17. The fourth-order valence-corrected chi connectivity index (χ4v) is 5.50. The quantitative estimate of drug-likeness (QED) is 0.858. The number of anilines is 1. The van der Waals surface area contributed by atoms with E-state index in [0.717, 1.165) is 24.1 Å². The summed E-state index contributed by atoms with van der Waals surface area (Å²) in [6, 6.07) is 0. The van der Waals surface area contributed by atoms with Crippen LogP contribution in [0.2, 0.25) is 0 Å². The topological polar surface area (TPSA) is 36.4 Å². The van der Waals surface area contributed by atoms with E-state index < -0.39 is 0 Å². The predicted octanol–water partition coefficient (Wildman–Crippen LogP) is 3.67. The second kappa shape index (κ2) is 4.99. The van der Waals surface area contributed by atoms with Gasteiger partial charge in [-0.1, -0.05) is 24.2 Å². The standard InChI is InChI=1S/C16H24N2OS/c19-13-5-3-4-12-14(13)20-15(17-12)18-10-8-16(9-11-18)6-1-2-7-16/h13,19H,1-11H2. The maximum absolute atomic E-state index is 10.1. The fourth-order valence-electron chi connectivity index (χ4n) is 4.32. The van der Waals surface area contributed by atoms with Crippen LogP contribution in [-0.4, -0.2) is 23.2 Å². The molecule has 1 aromatic rings. The van der Waals surface area contributed by atoms with Crippen LogP contribution in [0.3, 0.4) is 0 Å². The van der Waals surface area contributed by atoms with Crippen LogP contribution in [0.25, 0.3) is 0 Å². The molecule has 0 radical (unpaired) electrons. The van der Waals surface area contributed by atoms with Crippen molar-refractivity contribution in [2.24, 2.45) is 5.41 Å². The van der Waals surface area contributed by atoms with Crippen molar-refractivity contribution >= 4 is 16.5 Å². The van der Waals surface area contributed by atoms with E-state index in [1.54, 1.807) is 11.3 Å². The molecule has 1 spiro atoms. The first kappa shape index (κ1) is 13.1. The number of nitrogens with zero attached hydrogens (tertiary/aromatic N) is 2. The lowest BCUT2D eigenvalue weighted by Gasteiger charge is -2.39. The van der Waals surface area contributed by atoms with Crippen molar-refractivity contribution < 1.29 is 5.11 Å². The molecule has 1 atom stereocenters. The third-order valence-electron chi connectivity index (χ3n) is 5.67. The van der Waals surface area contributed by atoms with Gasteiger partial charge in [0, 0.05) is 13.1 Å². The monoisotopic (exact) mass is 292 g/mol. The summed E-state index contributed by atoms with van der Waals surface area (Å²) >= 11 is 1.75. The zero-order chi connectivity index (χ0) is 13.6. The van der Waals surface area contributed by atoms with E-state index in [4.69, 9.17) is 4.98 Å². The van der Waals surface area contributed by atoms with E-state index in [1.807, 2.05) is 0 Å². The highest BCUT2D eigenvalue weighted by molar-refractivity contribution is 7.15. The molecule has 1 saturated carbocycles. The molecule has 1 saturated heterocycles. The Bertz CT molecular complexity index is 483. The molecule has 1 unspecified atom stereocenters. The van der Waals surface area contributed by atoms with Gasteiger partial charge >= 0.3 is 0 Å². The Hall–Kier alpha value is -0.610. The Morgan fingerprint density at radius 2 is 1.85 bits per heavy atom. The Morgan fingerprint density at radius 1 is 1.10 bits per heavy atom.